The van der Waals surface area contributed by atoms with Gasteiger partial charge in [0.1, 0.15) is 0 Å². The fourth-order valence-electron chi connectivity index (χ4n) is 0.864. The van der Waals surface area contributed by atoms with Crippen molar-refractivity contribution in [3.05, 3.63) is 0 Å². The van der Waals surface area contributed by atoms with Gasteiger partial charge in [-0.2, -0.15) is 0 Å². The van der Waals surface area contributed by atoms with Gasteiger partial charge in [0.2, 0.25) is 5.91 Å². The molecule has 0 saturated heterocycles. The minimum atomic E-state index is -0.245. The third-order valence-electron chi connectivity index (χ3n) is 1.64. The van der Waals surface area contributed by atoms with Crippen molar-refractivity contribution in [3.8, 4) is 0 Å². The number of amides is 1. The smallest absolute Gasteiger partial charge is 0.305 e. The Kier molecular flexibility index (Phi) is 7.83. The molecule has 1 amide bonds. The van der Waals surface area contributed by atoms with Gasteiger partial charge in [0.25, 0.3) is 0 Å². The third-order valence-corrected chi connectivity index (χ3v) is 1.64. The summed E-state index contributed by atoms with van der Waals surface area (Å²) in [5.41, 5.74) is 0. The highest BCUT2D eigenvalue weighted by molar-refractivity contribution is 5.78. The van der Waals surface area contributed by atoms with Crippen LogP contribution in [0.4, 0.5) is 0 Å². The quantitative estimate of drug-likeness (QED) is 0.438. The summed E-state index contributed by atoms with van der Waals surface area (Å²) in [6, 6.07) is 0. The first-order valence-electron chi connectivity index (χ1n) is 4.75. The average Bonchev–Trinajstić information content (AvgIpc) is 2.21. The Bertz CT molecular complexity index is 183. The van der Waals surface area contributed by atoms with Crippen LogP contribution < -0.4 is 10.6 Å². The van der Waals surface area contributed by atoms with Crippen molar-refractivity contribution in [1.29, 1.82) is 0 Å². The average molecular weight is 202 g/mol. The molecule has 82 valence electrons. The molecule has 0 aliphatic heterocycles. The lowest BCUT2D eigenvalue weighted by Crippen LogP contribution is -2.34. The molecular formula is C9H18N2O3. The van der Waals surface area contributed by atoms with Crippen molar-refractivity contribution in [2.75, 3.05) is 26.7 Å². The van der Waals surface area contributed by atoms with Crippen LogP contribution in [0.25, 0.3) is 0 Å². The van der Waals surface area contributed by atoms with Crippen molar-refractivity contribution in [1.82, 2.24) is 10.6 Å². The number of nitrogens with one attached hydrogen (secondary N) is 2. The Morgan fingerprint density at radius 3 is 2.64 bits per heavy atom. The lowest BCUT2D eigenvalue weighted by Gasteiger charge is -2.04. The van der Waals surface area contributed by atoms with E-state index in [4.69, 9.17) is 0 Å². The highest BCUT2D eigenvalue weighted by Gasteiger charge is 2.01. The topological polar surface area (TPSA) is 67.4 Å². The van der Waals surface area contributed by atoms with E-state index >= 15 is 0 Å². The van der Waals surface area contributed by atoms with Crippen LogP contribution in [-0.4, -0.2) is 38.6 Å². The van der Waals surface area contributed by atoms with Crippen LogP contribution in [0.5, 0.6) is 0 Å². The minimum absolute atomic E-state index is 0.0447. The van der Waals surface area contributed by atoms with Gasteiger partial charge < -0.3 is 15.4 Å². The van der Waals surface area contributed by atoms with Crippen LogP contribution in [0.2, 0.25) is 0 Å². The molecule has 0 unspecified atom stereocenters. The molecular weight excluding hydrogens is 184 g/mol. The molecule has 0 aromatic rings. The molecule has 0 bridgehead atoms. The number of hydrogen-bond acceptors (Lipinski definition) is 4. The van der Waals surface area contributed by atoms with Crippen molar-refractivity contribution in [2.45, 2.75) is 19.8 Å². The SMILES string of the molecule is CCNCC(=O)NCCCC(=O)OC. The van der Waals surface area contributed by atoms with E-state index in [0.29, 0.717) is 25.9 Å². The predicted molar refractivity (Wildman–Crippen MR) is 52.8 cm³/mol. The molecule has 0 heterocycles. The first-order valence-corrected chi connectivity index (χ1v) is 4.75. The van der Waals surface area contributed by atoms with Crippen LogP contribution >= 0.6 is 0 Å². The number of hydrogen-bond donors (Lipinski definition) is 2. The molecule has 5 nitrogen and oxygen atoms in total. The Hall–Kier alpha value is -1.10. The van der Waals surface area contributed by atoms with E-state index in [2.05, 4.69) is 15.4 Å². The fraction of sp³-hybridized carbons (Fsp3) is 0.778. The van der Waals surface area contributed by atoms with Crippen molar-refractivity contribution < 1.29 is 14.3 Å². The second-order valence-electron chi connectivity index (χ2n) is 2.81. The van der Waals surface area contributed by atoms with Gasteiger partial charge in [-0.1, -0.05) is 6.92 Å². The molecule has 0 rings (SSSR count). The monoisotopic (exact) mass is 202 g/mol. The van der Waals surface area contributed by atoms with Crippen molar-refractivity contribution >= 4 is 11.9 Å². The molecule has 2 N–H and O–H groups in total. The normalized spacial score (nSPS) is 9.57. The van der Waals surface area contributed by atoms with Gasteiger partial charge in [-0.25, -0.2) is 0 Å². The molecule has 0 radical (unpaired) electrons. The maximum absolute atomic E-state index is 11.0. The maximum Gasteiger partial charge on any atom is 0.305 e. The maximum atomic E-state index is 11.0. The summed E-state index contributed by atoms with van der Waals surface area (Å²) in [6.45, 7) is 3.55. The van der Waals surface area contributed by atoms with Crippen LogP contribution in [0, 0.1) is 0 Å². The van der Waals surface area contributed by atoms with Gasteiger partial charge >= 0.3 is 5.97 Å². The summed E-state index contributed by atoms with van der Waals surface area (Å²) in [6.07, 6.45) is 0.961. The fourth-order valence-corrected chi connectivity index (χ4v) is 0.864. The standard InChI is InChI=1S/C9H18N2O3/c1-3-10-7-8(12)11-6-4-5-9(13)14-2/h10H,3-7H2,1-2H3,(H,11,12). The van der Waals surface area contributed by atoms with Gasteiger partial charge in [0, 0.05) is 13.0 Å². The zero-order valence-corrected chi connectivity index (χ0v) is 8.76. The first-order chi connectivity index (χ1) is 6.70. The molecule has 0 saturated carbocycles. The Morgan fingerprint density at radius 1 is 1.36 bits per heavy atom. The second kappa shape index (κ2) is 8.50. The van der Waals surface area contributed by atoms with Gasteiger partial charge in [0.15, 0.2) is 0 Å². The molecule has 0 atom stereocenters. The number of carbonyl (C=O) groups excluding carboxylic acids is 2. The van der Waals surface area contributed by atoms with E-state index in [-0.39, 0.29) is 11.9 Å². The summed E-state index contributed by atoms with van der Waals surface area (Å²) in [5, 5.41) is 5.59. The summed E-state index contributed by atoms with van der Waals surface area (Å²) in [7, 11) is 1.35. The summed E-state index contributed by atoms with van der Waals surface area (Å²) in [5.74, 6) is -0.289. The van der Waals surface area contributed by atoms with Crippen LogP contribution in [0.15, 0.2) is 0 Å². The van der Waals surface area contributed by atoms with Crippen molar-refractivity contribution in [2.24, 2.45) is 0 Å². The van der Waals surface area contributed by atoms with E-state index < -0.39 is 0 Å². The molecule has 0 spiro atoms. The molecule has 14 heavy (non-hydrogen) atoms. The highest BCUT2D eigenvalue weighted by atomic mass is 16.5. The molecule has 0 aliphatic rings. The molecule has 5 heteroatoms. The number of likely N-dealkylation sites (N-methyl/N-ethyl adjacent to an activating group) is 1. The number of ether oxygens (including phenoxy) is 1. The summed E-state index contributed by atoms with van der Waals surface area (Å²) >= 11 is 0. The van der Waals surface area contributed by atoms with E-state index in [1.165, 1.54) is 7.11 Å². The van der Waals surface area contributed by atoms with E-state index in [0.717, 1.165) is 6.54 Å². The third kappa shape index (κ3) is 7.54. The van der Waals surface area contributed by atoms with Crippen LogP contribution in [-0.2, 0) is 14.3 Å². The number of esters is 1. The van der Waals surface area contributed by atoms with Crippen molar-refractivity contribution in [3.63, 3.8) is 0 Å². The van der Waals surface area contributed by atoms with E-state index in [9.17, 15) is 9.59 Å². The lowest BCUT2D eigenvalue weighted by molar-refractivity contribution is -0.140. The Balaban J connectivity index is 3.27. The highest BCUT2D eigenvalue weighted by Crippen LogP contribution is 1.89. The Labute approximate surface area is 84.2 Å². The Morgan fingerprint density at radius 2 is 2.07 bits per heavy atom. The predicted octanol–water partition coefficient (Wildman–Crippen LogP) is -0.335. The summed E-state index contributed by atoms with van der Waals surface area (Å²) in [4.78, 5) is 21.7. The zero-order valence-electron chi connectivity index (χ0n) is 8.76. The molecule has 0 aromatic carbocycles. The van der Waals surface area contributed by atoms with Gasteiger partial charge in [-0.15, -0.1) is 0 Å². The summed E-state index contributed by atoms with van der Waals surface area (Å²) < 4.78 is 4.46. The zero-order chi connectivity index (χ0) is 10.8. The van der Waals surface area contributed by atoms with Gasteiger partial charge in [-0.05, 0) is 13.0 Å². The first kappa shape index (κ1) is 12.9. The second-order valence-corrected chi connectivity index (χ2v) is 2.81. The molecule has 0 fully saturated rings. The largest absolute Gasteiger partial charge is 0.469 e. The number of carbonyl (C=O) groups is 2. The van der Waals surface area contributed by atoms with Crippen LogP contribution in [0.1, 0.15) is 19.8 Å². The van der Waals surface area contributed by atoms with Crippen LogP contribution in [0.3, 0.4) is 0 Å². The van der Waals surface area contributed by atoms with Gasteiger partial charge in [-0.3, -0.25) is 9.59 Å². The number of methoxy groups -OCH3 is 1. The number of rotatable bonds is 7. The lowest BCUT2D eigenvalue weighted by atomic mass is 10.3. The van der Waals surface area contributed by atoms with E-state index in [1.807, 2.05) is 6.92 Å². The van der Waals surface area contributed by atoms with Gasteiger partial charge in [0.05, 0.1) is 13.7 Å². The minimum Gasteiger partial charge on any atom is -0.469 e. The molecule has 0 aromatic heterocycles. The molecule has 0 aliphatic carbocycles. The van der Waals surface area contributed by atoms with E-state index in [1.54, 1.807) is 0 Å².